The molecule has 34 heavy (non-hydrogen) atoms. The Morgan fingerprint density at radius 2 is 1.06 bits per heavy atom. The van der Waals surface area contributed by atoms with Crippen molar-refractivity contribution in [3.8, 4) is 0 Å². The van der Waals surface area contributed by atoms with Gasteiger partial charge in [-0.25, -0.2) is 0 Å². The molecule has 2 atom stereocenters. The van der Waals surface area contributed by atoms with Crippen LogP contribution in [0.2, 0.25) is 0 Å². The van der Waals surface area contributed by atoms with Crippen molar-refractivity contribution in [3.63, 3.8) is 0 Å². The molecule has 200 valence electrons. The summed E-state index contributed by atoms with van der Waals surface area (Å²) in [7, 11) is 0. The van der Waals surface area contributed by atoms with Crippen LogP contribution in [-0.4, -0.2) is 81.3 Å². The van der Waals surface area contributed by atoms with Gasteiger partial charge in [-0.3, -0.25) is 19.3 Å². The van der Waals surface area contributed by atoms with Gasteiger partial charge in [-0.2, -0.15) is 0 Å². The second-order valence-electron chi connectivity index (χ2n) is 9.36. The third kappa shape index (κ3) is 15.3. The van der Waals surface area contributed by atoms with Crippen molar-refractivity contribution in [2.45, 2.75) is 123 Å². The van der Waals surface area contributed by atoms with E-state index in [9.17, 15) is 29.7 Å². The summed E-state index contributed by atoms with van der Waals surface area (Å²) in [5.74, 6) is -2.30. The first-order chi connectivity index (χ1) is 16.3. The van der Waals surface area contributed by atoms with Gasteiger partial charge in [0.15, 0.2) is 0 Å². The average Bonchev–Trinajstić information content (AvgIpc) is 2.80. The van der Waals surface area contributed by atoms with Crippen molar-refractivity contribution in [2.75, 3.05) is 26.2 Å². The fourth-order valence-corrected chi connectivity index (χ4v) is 4.18. The van der Waals surface area contributed by atoms with Crippen LogP contribution in [0, 0.1) is 0 Å². The monoisotopic (exact) mass is 486 g/mol. The molecule has 2 unspecified atom stereocenters. The molecule has 0 spiro atoms. The van der Waals surface area contributed by atoms with Crippen molar-refractivity contribution >= 4 is 17.8 Å². The lowest BCUT2D eigenvalue weighted by atomic mass is 10.0. The Morgan fingerprint density at radius 1 is 0.647 bits per heavy atom. The number of carboxylic acid groups (broad SMARTS) is 2. The zero-order valence-electron chi connectivity index (χ0n) is 21.8. The lowest BCUT2D eigenvalue weighted by molar-refractivity contribution is -0.149. The summed E-state index contributed by atoms with van der Waals surface area (Å²) in [4.78, 5) is 38.2. The molecule has 0 aromatic rings. The molecule has 0 rings (SSSR count). The molecule has 8 heteroatoms. The van der Waals surface area contributed by atoms with E-state index < -0.39 is 24.0 Å². The largest absolute Gasteiger partial charge is 0.480 e. The smallest absolute Gasteiger partial charge is 0.320 e. The predicted molar refractivity (Wildman–Crippen MR) is 135 cm³/mol. The number of aliphatic carboxylic acids is 2. The van der Waals surface area contributed by atoms with Crippen molar-refractivity contribution in [1.82, 2.24) is 9.80 Å². The summed E-state index contributed by atoms with van der Waals surface area (Å²) in [6.45, 7) is 5.39. The van der Waals surface area contributed by atoms with Crippen LogP contribution in [0.3, 0.4) is 0 Å². The highest BCUT2D eigenvalue weighted by Gasteiger charge is 2.30. The zero-order valence-corrected chi connectivity index (χ0v) is 21.8. The maximum Gasteiger partial charge on any atom is 0.320 e. The number of hydrogen-bond donors (Lipinski definition) is 3. The first-order valence-corrected chi connectivity index (χ1v) is 13.4. The maximum absolute atomic E-state index is 12.6. The average molecular weight is 487 g/mol. The third-order valence-corrected chi connectivity index (χ3v) is 6.55. The van der Waals surface area contributed by atoms with Gasteiger partial charge in [0, 0.05) is 26.1 Å². The number of hydrogen-bond acceptors (Lipinski definition) is 5. The molecule has 0 radical (unpaired) electrons. The number of rotatable bonds is 23. The van der Waals surface area contributed by atoms with E-state index in [-0.39, 0.29) is 32.1 Å². The molecule has 0 aromatic carbocycles. The van der Waals surface area contributed by atoms with Crippen LogP contribution in [0.5, 0.6) is 0 Å². The van der Waals surface area contributed by atoms with E-state index >= 15 is 0 Å². The molecule has 0 aliphatic rings. The number of amides is 1. The Labute approximate surface area is 206 Å². The fourth-order valence-electron chi connectivity index (χ4n) is 4.18. The topological polar surface area (TPSA) is 118 Å². The number of nitrogens with zero attached hydrogens (tertiary/aromatic N) is 2. The Morgan fingerprint density at radius 3 is 1.44 bits per heavy atom. The summed E-state index contributed by atoms with van der Waals surface area (Å²) in [6.07, 6.45) is 16.4. The lowest BCUT2D eigenvalue weighted by Crippen LogP contribution is -2.51. The molecular formula is C26H50N2O6. The quantitative estimate of drug-likeness (QED) is 0.181. The predicted octanol–water partition coefficient (Wildman–Crippen LogP) is 4.54. The number of unbranched alkanes of at least 4 members (excludes halogenated alkanes) is 12. The number of aliphatic hydroxyl groups is 1. The van der Waals surface area contributed by atoms with Gasteiger partial charge in [0.2, 0.25) is 5.91 Å². The van der Waals surface area contributed by atoms with Crippen LogP contribution in [0.15, 0.2) is 0 Å². The first kappa shape index (κ1) is 32.3. The van der Waals surface area contributed by atoms with E-state index in [1.807, 2.05) is 0 Å². The van der Waals surface area contributed by atoms with Crippen molar-refractivity contribution in [3.05, 3.63) is 0 Å². The highest BCUT2D eigenvalue weighted by Crippen LogP contribution is 2.14. The van der Waals surface area contributed by atoms with Crippen molar-refractivity contribution in [1.29, 1.82) is 0 Å². The standard InChI is InChI=1S/C26H50N2O6/c1-4-5-6-7-8-9-10-11-12-13-14-15-16-17-24(30)27(20-21-29)18-19-28(22(2)25(31)32)23(3)26(33)34/h22-23,29H,4-21H2,1-3H3,(H,31,32)(H,33,34). The SMILES string of the molecule is CCCCCCCCCCCCCCCC(=O)N(CCO)CCN(C(C)C(=O)O)C(C)C(=O)O. The molecule has 0 fully saturated rings. The summed E-state index contributed by atoms with van der Waals surface area (Å²) in [5.41, 5.74) is 0. The second-order valence-corrected chi connectivity index (χ2v) is 9.36. The molecule has 8 nitrogen and oxygen atoms in total. The molecule has 0 aliphatic heterocycles. The molecule has 0 heterocycles. The van der Waals surface area contributed by atoms with E-state index in [1.165, 1.54) is 87.9 Å². The fraction of sp³-hybridized carbons (Fsp3) is 0.885. The second kappa shape index (κ2) is 20.7. The molecule has 0 bridgehead atoms. The van der Waals surface area contributed by atoms with Gasteiger partial charge in [-0.05, 0) is 20.3 Å². The molecule has 0 aliphatic carbocycles. The number of carbonyl (C=O) groups excluding carboxylic acids is 1. The van der Waals surface area contributed by atoms with Crippen LogP contribution >= 0.6 is 0 Å². The van der Waals surface area contributed by atoms with E-state index in [1.54, 1.807) is 0 Å². The molecule has 3 N–H and O–H groups in total. The summed E-state index contributed by atoms with van der Waals surface area (Å²) in [6, 6.07) is -1.98. The Kier molecular flexibility index (Phi) is 19.7. The van der Waals surface area contributed by atoms with E-state index in [4.69, 9.17) is 0 Å². The van der Waals surface area contributed by atoms with Gasteiger partial charge >= 0.3 is 11.9 Å². The molecule has 0 aromatic heterocycles. The minimum absolute atomic E-state index is 0.0805. The highest BCUT2D eigenvalue weighted by atomic mass is 16.4. The molecule has 0 saturated heterocycles. The van der Waals surface area contributed by atoms with Crippen LogP contribution in [-0.2, 0) is 14.4 Å². The minimum atomic E-state index is -1.11. The first-order valence-electron chi connectivity index (χ1n) is 13.4. The normalized spacial score (nSPS) is 13.1. The van der Waals surface area contributed by atoms with Crippen LogP contribution in [0.1, 0.15) is 111 Å². The minimum Gasteiger partial charge on any atom is -0.480 e. The Hall–Kier alpha value is -1.67. The third-order valence-electron chi connectivity index (χ3n) is 6.55. The Bertz CT molecular complexity index is 537. The van der Waals surface area contributed by atoms with Gasteiger partial charge in [0.25, 0.3) is 0 Å². The molecule has 0 saturated carbocycles. The maximum atomic E-state index is 12.6. The number of carboxylic acids is 2. The van der Waals surface area contributed by atoms with Gasteiger partial charge in [0.1, 0.15) is 12.1 Å². The summed E-state index contributed by atoms with van der Waals surface area (Å²) >= 11 is 0. The van der Waals surface area contributed by atoms with Gasteiger partial charge in [-0.15, -0.1) is 0 Å². The van der Waals surface area contributed by atoms with Crippen LogP contribution in [0.4, 0.5) is 0 Å². The molecule has 1 amide bonds. The van der Waals surface area contributed by atoms with Crippen molar-refractivity contribution in [2.24, 2.45) is 0 Å². The zero-order chi connectivity index (χ0) is 25.8. The van der Waals surface area contributed by atoms with Gasteiger partial charge in [0.05, 0.1) is 6.61 Å². The lowest BCUT2D eigenvalue weighted by Gasteiger charge is -2.32. The number of carbonyl (C=O) groups is 3. The Balaban J connectivity index is 4.18. The molecular weight excluding hydrogens is 436 g/mol. The van der Waals surface area contributed by atoms with E-state index in [0.29, 0.717) is 6.42 Å². The number of aliphatic hydroxyl groups excluding tert-OH is 1. The highest BCUT2D eigenvalue weighted by molar-refractivity contribution is 5.77. The van der Waals surface area contributed by atoms with Crippen LogP contribution in [0.25, 0.3) is 0 Å². The van der Waals surface area contributed by atoms with E-state index in [0.717, 1.165) is 19.3 Å². The van der Waals surface area contributed by atoms with Crippen molar-refractivity contribution < 1.29 is 29.7 Å². The van der Waals surface area contributed by atoms with Gasteiger partial charge in [-0.1, -0.05) is 84.0 Å². The van der Waals surface area contributed by atoms with Crippen LogP contribution < -0.4 is 0 Å². The summed E-state index contributed by atoms with van der Waals surface area (Å²) in [5, 5.41) is 27.9. The van der Waals surface area contributed by atoms with E-state index in [2.05, 4.69) is 6.92 Å². The summed E-state index contributed by atoms with van der Waals surface area (Å²) < 4.78 is 0. The van der Waals surface area contributed by atoms with Gasteiger partial charge < -0.3 is 20.2 Å².